The molecule has 0 rings (SSSR count). The third-order valence-corrected chi connectivity index (χ3v) is 4.27. The lowest BCUT2D eigenvalue weighted by molar-refractivity contribution is 0.394. The van der Waals surface area contributed by atoms with E-state index in [-0.39, 0.29) is 5.75 Å². The van der Waals surface area contributed by atoms with Crippen molar-refractivity contribution in [3.05, 3.63) is 0 Å². The molecule has 0 saturated carbocycles. The average molecular weight is 293 g/mol. The Bertz CT molecular complexity index is 292. The highest BCUT2D eigenvalue weighted by atomic mass is 32.2. The van der Waals surface area contributed by atoms with Gasteiger partial charge in [-0.2, -0.15) is 0 Å². The van der Waals surface area contributed by atoms with E-state index < -0.39 is 10.0 Å². The quantitative estimate of drug-likeness (QED) is 0.498. The second-order valence-electron chi connectivity index (χ2n) is 5.18. The molecule has 0 atom stereocenters. The van der Waals surface area contributed by atoms with Crippen molar-refractivity contribution in [2.45, 2.75) is 39.0 Å². The van der Waals surface area contributed by atoms with E-state index in [1.165, 1.54) is 0 Å². The van der Waals surface area contributed by atoms with Gasteiger partial charge >= 0.3 is 0 Å². The molecule has 0 spiro atoms. The summed E-state index contributed by atoms with van der Waals surface area (Å²) in [7, 11) is 0.983. The number of nitrogens with zero attached hydrogens (tertiary/aromatic N) is 1. The maximum atomic E-state index is 11.7. The molecule has 0 bridgehead atoms. The van der Waals surface area contributed by atoms with E-state index in [9.17, 15) is 8.42 Å². The first-order valence-electron chi connectivity index (χ1n) is 7.30. The van der Waals surface area contributed by atoms with Crippen LogP contribution < -0.4 is 10.0 Å². The van der Waals surface area contributed by atoms with Crippen LogP contribution in [0, 0.1) is 0 Å². The van der Waals surface area contributed by atoms with Crippen LogP contribution in [0.15, 0.2) is 0 Å². The Morgan fingerprint density at radius 1 is 0.947 bits per heavy atom. The van der Waals surface area contributed by atoms with Crippen LogP contribution >= 0.6 is 0 Å². The zero-order chi connectivity index (χ0) is 14.6. The molecule has 5 nitrogen and oxygen atoms in total. The smallest absolute Gasteiger partial charge is 0.211 e. The fourth-order valence-corrected chi connectivity index (χ4v) is 2.88. The first-order chi connectivity index (χ1) is 8.98. The van der Waals surface area contributed by atoms with Gasteiger partial charge in [0, 0.05) is 6.54 Å². The molecule has 0 unspecified atom stereocenters. The van der Waals surface area contributed by atoms with Gasteiger partial charge in [-0.25, -0.2) is 13.1 Å². The lowest BCUT2D eigenvalue weighted by Gasteiger charge is -2.10. The summed E-state index contributed by atoms with van der Waals surface area (Å²) < 4.78 is 26.0. The zero-order valence-electron chi connectivity index (χ0n) is 12.7. The Morgan fingerprint density at radius 3 is 2.26 bits per heavy atom. The van der Waals surface area contributed by atoms with Crippen molar-refractivity contribution < 1.29 is 8.42 Å². The number of hydrogen-bond acceptors (Lipinski definition) is 4. The summed E-state index contributed by atoms with van der Waals surface area (Å²) in [4.78, 5) is 2.11. The van der Waals surface area contributed by atoms with Gasteiger partial charge in [-0.3, -0.25) is 0 Å². The molecule has 0 heterocycles. The van der Waals surface area contributed by atoms with Crippen LogP contribution in [-0.2, 0) is 10.0 Å². The molecule has 2 N–H and O–H groups in total. The highest BCUT2D eigenvalue weighted by Crippen LogP contribution is 1.96. The van der Waals surface area contributed by atoms with Crippen LogP contribution in [0.3, 0.4) is 0 Å². The Balaban J connectivity index is 3.47. The predicted octanol–water partition coefficient (Wildman–Crippen LogP) is 1.03. The molecular formula is C13H31N3O2S. The minimum absolute atomic E-state index is 0.245. The van der Waals surface area contributed by atoms with Crippen LogP contribution in [0.25, 0.3) is 0 Å². The minimum atomic E-state index is -3.07. The van der Waals surface area contributed by atoms with E-state index in [2.05, 4.69) is 21.9 Å². The van der Waals surface area contributed by atoms with Crippen molar-refractivity contribution in [2.24, 2.45) is 0 Å². The van der Waals surface area contributed by atoms with Gasteiger partial charge in [0.15, 0.2) is 0 Å². The molecule has 116 valence electrons. The minimum Gasteiger partial charge on any atom is -0.317 e. The normalized spacial score (nSPS) is 12.2. The largest absolute Gasteiger partial charge is 0.317 e. The van der Waals surface area contributed by atoms with Crippen LogP contribution in [0.2, 0.25) is 0 Å². The standard InChI is InChI=1S/C13H31N3O2S/c1-4-9-14-10-6-8-13-19(17,18)15-11-5-7-12-16(2)3/h14-15H,4-13H2,1-3H3. The van der Waals surface area contributed by atoms with Gasteiger partial charge in [-0.05, 0) is 65.8 Å². The predicted molar refractivity (Wildman–Crippen MR) is 82.0 cm³/mol. The van der Waals surface area contributed by atoms with Crippen LogP contribution in [0.4, 0.5) is 0 Å². The number of unbranched alkanes of at least 4 members (excludes halogenated alkanes) is 2. The second kappa shape index (κ2) is 11.6. The molecule has 0 fully saturated rings. The highest BCUT2D eigenvalue weighted by Gasteiger charge is 2.08. The van der Waals surface area contributed by atoms with Crippen molar-refractivity contribution in [3.8, 4) is 0 Å². The molecule has 19 heavy (non-hydrogen) atoms. The van der Waals surface area contributed by atoms with Gasteiger partial charge in [0.2, 0.25) is 10.0 Å². The van der Waals surface area contributed by atoms with Crippen molar-refractivity contribution in [1.82, 2.24) is 14.9 Å². The molecule has 6 heteroatoms. The van der Waals surface area contributed by atoms with Crippen molar-refractivity contribution in [1.29, 1.82) is 0 Å². The molecular weight excluding hydrogens is 262 g/mol. The Hall–Kier alpha value is -0.170. The molecule has 0 aromatic rings. The van der Waals surface area contributed by atoms with Crippen LogP contribution in [0.5, 0.6) is 0 Å². The monoisotopic (exact) mass is 293 g/mol. The topological polar surface area (TPSA) is 61.4 Å². The Kier molecular flexibility index (Phi) is 11.5. The number of sulfonamides is 1. The second-order valence-corrected chi connectivity index (χ2v) is 7.11. The number of rotatable bonds is 13. The fraction of sp³-hybridized carbons (Fsp3) is 1.00. The molecule has 0 aliphatic rings. The summed E-state index contributed by atoms with van der Waals surface area (Å²) in [5.41, 5.74) is 0. The molecule has 0 radical (unpaired) electrons. The molecule has 0 aromatic heterocycles. The number of nitrogens with one attached hydrogen (secondary N) is 2. The molecule has 0 aliphatic carbocycles. The Morgan fingerprint density at radius 2 is 1.63 bits per heavy atom. The molecule has 0 aromatic carbocycles. The van der Waals surface area contributed by atoms with E-state index in [1.807, 2.05) is 14.1 Å². The van der Waals surface area contributed by atoms with Gasteiger partial charge in [0.1, 0.15) is 0 Å². The van der Waals surface area contributed by atoms with Gasteiger partial charge in [-0.15, -0.1) is 0 Å². The van der Waals surface area contributed by atoms with E-state index in [1.54, 1.807) is 0 Å². The SMILES string of the molecule is CCCNCCCCS(=O)(=O)NCCCCN(C)C. The first kappa shape index (κ1) is 18.8. The first-order valence-corrected chi connectivity index (χ1v) is 8.96. The maximum Gasteiger partial charge on any atom is 0.211 e. The van der Waals surface area contributed by atoms with Gasteiger partial charge in [0.25, 0.3) is 0 Å². The van der Waals surface area contributed by atoms with Crippen molar-refractivity contribution >= 4 is 10.0 Å². The zero-order valence-corrected chi connectivity index (χ0v) is 13.6. The lowest BCUT2D eigenvalue weighted by atomic mass is 10.3. The molecule has 0 saturated heterocycles. The summed E-state index contributed by atoms with van der Waals surface area (Å²) in [6.45, 7) is 5.61. The van der Waals surface area contributed by atoms with E-state index in [4.69, 9.17) is 0 Å². The van der Waals surface area contributed by atoms with E-state index in [0.717, 1.165) is 51.7 Å². The van der Waals surface area contributed by atoms with E-state index >= 15 is 0 Å². The van der Waals surface area contributed by atoms with Crippen molar-refractivity contribution in [2.75, 3.05) is 46.0 Å². The van der Waals surface area contributed by atoms with Gasteiger partial charge < -0.3 is 10.2 Å². The highest BCUT2D eigenvalue weighted by molar-refractivity contribution is 7.89. The van der Waals surface area contributed by atoms with Crippen molar-refractivity contribution in [3.63, 3.8) is 0 Å². The van der Waals surface area contributed by atoms with Gasteiger partial charge in [0.05, 0.1) is 5.75 Å². The summed E-state index contributed by atoms with van der Waals surface area (Å²) in [5, 5.41) is 3.27. The number of hydrogen-bond donors (Lipinski definition) is 2. The molecule has 0 amide bonds. The summed E-state index contributed by atoms with van der Waals surface area (Å²) in [6, 6.07) is 0. The average Bonchev–Trinajstić information content (AvgIpc) is 2.32. The third-order valence-electron chi connectivity index (χ3n) is 2.80. The molecule has 0 aliphatic heterocycles. The third kappa shape index (κ3) is 14.1. The summed E-state index contributed by atoms with van der Waals surface area (Å²) in [6.07, 6.45) is 4.68. The van der Waals surface area contributed by atoms with E-state index in [0.29, 0.717) is 6.54 Å². The van der Waals surface area contributed by atoms with Crippen LogP contribution in [0.1, 0.15) is 39.0 Å². The summed E-state index contributed by atoms with van der Waals surface area (Å²) in [5.74, 6) is 0.245. The van der Waals surface area contributed by atoms with Gasteiger partial charge in [-0.1, -0.05) is 6.92 Å². The Labute approximate surface area is 119 Å². The fourth-order valence-electron chi connectivity index (χ4n) is 1.70. The maximum absolute atomic E-state index is 11.7. The van der Waals surface area contributed by atoms with Crippen LogP contribution in [-0.4, -0.2) is 59.3 Å². The summed E-state index contributed by atoms with van der Waals surface area (Å²) >= 11 is 0. The lowest BCUT2D eigenvalue weighted by Crippen LogP contribution is -2.28.